The molecule has 3 aromatic rings. The molecule has 0 aliphatic rings. The lowest BCUT2D eigenvalue weighted by Gasteiger charge is -2.13. The Labute approximate surface area is 157 Å². The predicted molar refractivity (Wildman–Crippen MR) is 109 cm³/mol. The van der Waals surface area contributed by atoms with Gasteiger partial charge in [-0.2, -0.15) is 5.10 Å². The number of benzene rings is 2. The monoisotopic (exact) mass is 370 g/mol. The third kappa shape index (κ3) is 5.05. The summed E-state index contributed by atoms with van der Waals surface area (Å²) in [5.41, 5.74) is 5.42. The van der Waals surface area contributed by atoms with Crippen LogP contribution >= 0.6 is 23.8 Å². The van der Waals surface area contributed by atoms with Crippen LogP contribution in [0.1, 0.15) is 16.7 Å². The summed E-state index contributed by atoms with van der Waals surface area (Å²) in [6, 6.07) is 14.3. The van der Waals surface area contributed by atoms with Gasteiger partial charge in [-0.3, -0.25) is 4.68 Å². The van der Waals surface area contributed by atoms with Crippen molar-refractivity contribution in [1.82, 2.24) is 9.78 Å². The second-order valence-corrected chi connectivity index (χ2v) is 6.86. The zero-order chi connectivity index (χ0) is 17.8. The smallest absolute Gasteiger partial charge is 0.175 e. The Morgan fingerprint density at radius 3 is 2.48 bits per heavy atom. The number of anilines is 2. The number of halogens is 1. The summed E-state index contributed by atoms with van der Waals surface area (Å²) in [6.45, 7) is 4.79. The van der Waals surface area contributed by atoms with Crippen molar-refractivity contribution in [3.05, 3.63) is 76.6 Å². The van der Waals surface area contributed by atoms with Crippen LogP contribution in [-0.2, 0) is 6.54 Å². The topological polar surface area (TPSA) is 41.9 Å². The first-order chi connectivity index (χ1) is 12.0. The molecule has 128 valence electrons. The maximum absolute atomic E-state index is 5.90. The van der Waals surface area contributed by atoms with Gasteiger partial charge in [0.2, 0.25) is 0 Å². The normalized spacial score (nSPS) is 10.5. The van der Waals surface area contributed by atoms with Crippen LogP contribution in [0, 0.1) is 13.8 Å². The van der Waals surface area contributed by atoms with E-state index >= 15 is 0 Å². The fourth-order valence-corrected chi connectivity index (χ4v) is 3.09. The maximum atomic E-state index is 5.90. The zero-order valence-electron chi connectivity index (χ0n) is 14.1. The summed E-state index contributed by atoms with van der Waals surface area (Å²) in [7, 11) is 0. The second-order valence-electron chi connectivity index (χ2n) is 6.01. The first-order valence-electron chi connectivity index (χ1n) is 7.91. The van der Waals surface area contributed by atoms with Crippen molar-refractivity contribution in [1.29, 1.82) is 0 Å². The van der Waals surface area contributed by atoms with Gasteiger partial charge in [0.25, 0.3) is 0 Å². The summed E-state index contributed by atoms with van der Waals surface area (Å²) < 4.78 is 1.80. The van der Waals surface area contributed by atoms with Crippen LogP contribution in [0.3, 0.4) is 0 Å². The number of aromatic nitrogens is 2. The molecule has 6 heteroatoms. The van der Waals surface area contributed by atoms with Crippen molar-refractivity contribution >= 4 is 40.3 Å². The third-order valence-electron chi connectivity index (χ3n) is 3.61. The average molecular weight is 371 g/mol. The highest BCUT2D eigenvalue weighted by atomic mass is 35.5. The summed E-state index contributed by atoms with van der Waals surface area (Å²) in [5.74, 6) is 0. The molecule has 25 heavy (non-hydrogen) atoms. The Morgan fingerprint density at radius 2 is 1.80 bits per heavy atom. The number of hydrogen-bond acceptors (Lipinski definition) is 2. The quantitative estimate of drug-likeness (QED) is 0.633. The summed E-state index contributed by atoms with van der Waals surface area (Å²) in [4.78, 5) is 0. The number of thiocarbonyl (C=S) groups is 1. The second kappa shape index (κ2) is 7.68. The minimum atomic E-state index is 0.560. The van der Waals surface area contributed by atoms with Crippen LogP contribution < -0.4 is 10.6 Å². The average Bonchev–Trinajstić information content (AvgIpc) is 2.91. The van der Waals surface area contributed by atoms with E-state index in [1.54, 1.807) is 17.1 Å². The molecule has 1 aromatic heterocycles. The molecular formula is C19H19ClN4S. The largest absolute Gasteiger partial charge is 0.332 e. The van der Waals surface area contributed by atoms with Gasteiger partial charge in [0.15, 0.2) is 5.11 Å². The fourth-order valence-electron chi connectivity index (χ4n) is 2.70. The molecule has 0 spiro atoms. The number of hydrogen-bond donors (Lipinski definition) is 2. The van der Waals surface area contributed by atoms with E-state index in [-0.39, 0.29) is 0 Å². The first-order valence-corrected chi connectivity index (χ1v) is 8.70. The minimum absolute atomic E-state index is 0.560. The van der Waals surface area contributed by atoms with E-state index in [2.05, 4.69) is 47.8 Å². The van der Waals surface area contributed by atoms with Crippen molar-refractivity contribution in [2.45, 2.75) is 20.4 Å². The van der Waals surface area contributed by atoms with Crippen LogP contribution in [0.2, 0.25) is 5.02 Å². The van der Waals surface area contributed by atoms with Gasteiger partial charge < -0.3 is 10.6 Å². The van der Waals surface area contributed by atoms with Crippen molar-refractivity contribution in [3.63, 3.8) is 0 Å². The molecule has 0 bridgehead atoms. The highest BCUT2D eigenvalue weighted by Crippen LogP contribution is 2.16. The van der Waals surface area contributed by atoms with Crippen LogP contribution in [0.5, 0.6) is 0 Å². The van der Waals surface area contributed by atoms with Gasteiger partial charge in [0.1, 0.15) is 0 Å². The van der Waals surface area contributed by atoms with Crippen LogP contribution in [-0.4, -0.2) is 14.9 Å². The number of nitrogens with one attached hydrogen (secondary N) is 2. The van der Waals surface area contributed by atoms with Crippen molar-refractivity contribution in [3.8, 4) is 0 Å². The van der Waals surface area contributed by atoms with Gasteiger partial charge in [-0.15, -0.1) is 0 Å². The van der Waals surface area contributed by atoms with E-state index in [0.29, 0.717) is 16.7 Å². The van der Waals surface area contributed by atoms with E-state index in [0.717, 1.165) is 16.9 Å². The first kappa shape index (κ1) is 17.5. The number of aryl methyl sites for hydroxylation is 2. The summed E-state index contributed by atoms with van der Waals surface area (Å²) >= 11 is 11.3. The van der Waals surface area contributed by atoms with E-state index in [1.807, 2.05) is 24.3 Å². The lowest BCUT2D eigenvalue weighted by molar-refractivity contribution is 0.687. The van der Waals surface area contributed by atoms with Gasteiger partial charge in [-0.1, -0.05) is 29.8 Å². The molecule has 0 atom stereocenters. The van der Waals surface area contributed by atoms with E-state index < -0.39 is 0 Å². The van der Waals surface area contributed by atoms with Crippen molar-refractivity contribution in [2.24, 2.45) is 0 Å². The molecule has 4 nitrogen and oxygen atoms in total. The van der Waals surface area contributed by atoms with Crippen molar-refractivity contribution in [2.75, 3.05) is 10.6 Å². The third-order valence-corrected chi connectivity index (χ3v) is 4.01. The Morgan fingerprint density at radius 1 is 1.08 bits per heavy atom. The summed E-state index contributed by atoms with van der Waals surface area (Å²) in [6.07, 6.45) is 3.43. The van der Waals surface area contributed by atoms with Crippen LogP contribution in [0.25, 0.3) is 0 Å². The Hall–Kier alpha value is -2.37. The molecule has 0 aliphatic heterocycles. The maximum Gasteiger partial charge on any atom is 0.175 e. The molecule has 0 aliphatic carbocycles. The molecule has 2 N–H and O–H groups in total. The van der Waals surface area contributed by atoms with Gasteiger partial charge in [0, 0.05) is 17.6 Å². The van der Waals surface area contributed by atoms with Gasteiger partial charge in [-0.05, 0) is 67.0 Å². The van der Waals surface area contributed by atoms with Gasteiger partial charge >= 0.3 is 0 Å². The SMILES string of the molecule is Cc1cc(C)cc(NC(=S)Nc2cccc(Cn3cc(Cl)cn3)c2)c1. The predicted octanol–water partition coefficient (Wildman–Crippen LogP) is 5.01. The zero-order valence-corrected chi connectivity index (χ0v) is 15.7. The summed E-state index contributed by atoms with van der Waals surface area (Å²) in [5, 5.41) is 11.8. The highest BCUT2D eigenvalue weighted by molar-refractivity contribution is 7.80. The van der Waals surface area contributed by atoms with Crippen molar-refractivity contribution < 1.29 is 0 Å². The lowest BCUT2D eigenvalue weighted by Crippen LogP contribution is -2.19. The molecule has 0 radical (unpaired) electrons. The molecule has 2 aromatic carbocycles. The molecule has 1 heterocycles. The van der Waals surface area contributed by atoms with E-state index in [4.69, 9.17) is 23.8 Å². The molecule has 0 saturated heterocycles. The number of rotatable bonds is 4. The molecule has 0 fully saturated rings. The molecular weight excluding hydrogens is 352 g/mol. The van der Waals surface area contributed by atoms with E-state index in [1.165, 1.54) is 11.1 Å². The van der Waals surface area contributed by atoms with Gasteiger partial charge in [0.05, 0.1) is 17.8 Å². The molecule has 0 amide bonds. The molecule has 0 saturated carbocycles. The Kier molecular flexibility index (Phi) is 5.36. The Bertz CT molecular complexity index is 884. The number of nitrogens with zero attached hydrogens (tertiary/aromatic N) is 2. The van der Waals surface area contributed by atoms with E-state index in [9.17, 15) is 0 Å². The molecule has 0 unspecified atom stereocenters. The van der Waals surface area contributed by atoms with Crippen LogP contribution in [0.15, 0.2) is 54.9 Å². The highest BCUT2D eigenvalue weighted by Gasteiger charge is 2.03. The molecule has 3 rings (SSSR count). The van der Waals surface area contributed by atoms with Crippen LogP contribution in [0.4, 0.5) is 11.4 Å². The minimum Gasteiger partial charge on any atom is -0.332 e. The Balaban J connectivity index is 1.65. The lowest BCUT2D eigenvalue weighted by atomic mass is 10.1. The standard InChI is InChI=1S/C19H19ClN4S/c1-13-6-14(2)8-18(7-13)23-19(25)22-17-5-3-4-15(9-17)11-24-12-16(20)10-21-24/h3-10,12H,11H2,1-2H3,(H2,22,23,25). The fraction of sp³-hybridized carbons (Fsp3) is 0.158. The van der Waals surface area contributed by atoms with Gasteiger partial charge in [-0.25, -0.2) is 0 Å².